The van der Waals surface area contributed by atoms with Crippen molar-refractivity contribution in [3.63, 3.8) is 0 Å². The standard InChI is InChI=1S/C18H15P.C5H4F6O2.C5H2F6O2.Pd/c1-4-10-16(11-5-1)19(17-12-6-2-7-13-17)18-14-8-3-9-15-18;2*6-4(7,8)2(12)1-3(13)5(9,10)11;/h1-15H;1-2,12-13H;1,12H;/p+1. The number of aliphatic hydroxyl groups is 3. The van der Waals surface area contributed by atoms with Crippen LogP contribution in [-0.4, -0.2) is 51.9 Å². The summed E-state index contributed by atoms with van der Waals surface area (Å²) in [6, 6.07) is 32.5. The van der Waals surface area contributed by atoms with Gasteiger partial charge in [-0.05, 0) is 36.4 Å². The Morgan fingerprint density at radius 2 is 0.870 bits per heavy atom. The molecule has 0 bridgehead atoms. The quantitative estimate of drug-likeness (QED) is 0.0841. The molecule has 4 nitrogen and oxygen atoms in total. The Hall–Kier alpha value is -3.38. The minimum Gasteiger partial charge on any atom is -0.504 e. The largest absolute Gasteiger partial charge is 0.504 e. The van der Waals surface area contributed by atoms with Gasteiger partial charge in [-0.15, -0.1) is 0 Å². The van der Waals surface area contributed by atoms with Crippen molar-refractivity contribution >= 4 is 29.6 Å². The Balaban J connectivity index is 0.000000677. The fraction of sp³-hybridized carbons (Fsp3) is 0.179. The molecule has 0 saturated carbocycles. The van der Waals surface area contributed by atoms with Crippen molar-refractivity contribution in [2.24, 2.45) is 0 Å². The zero-order chi connectivity index (χ0) is 34.6. The fourth-order valence-corrected chi connectivity index (χ4v) is 5.52. The Morgan fingerprint density at radius 3 is 1.11 bits per heavy atom. The number of allylic oxidation sites excluding steroid dienone is 3. The molecule has 0 amide bonds. The zero-order valence-corrected chi connectivity index (χ0v) is 25.0. The van der Waals surface area contributed by atoms with Gasteiger partial charge in [0.25, 0.3) is 5.78 Å². The van der Waals surface area contributed by atoms with E-state index < -0.39 is 68.2 Å². The molecule has 0 spiro atoms. The Kier molecular flexibility index (Phi) is 16.8. The molecule has 3 rings (SSSR count). The van der Waals surface area contributed by atoms with Crippen molar-refractivity contribution in [2.75, 3.05) is 0 Å². The summed E-state index contributed by atoms with van der Waals surface area (Å²) in [6.07, 6.45) is -26.2. The molecule has 0 aliphatic rings. The maximum atomic E-state index is 11.4. The van der Waals surface area contributed by atoms with E-state index in [1.807, 2.05) is 0 Å². The molecule has 0 saturated heterocycles. The summed E-state index contributed by atoms with van der Waals surface area (Å²) in [7, 11) is -0.877. The van der Waals surface area contributed by atoms with Crippen LogP contribution in [0.25, 0.3) is 0 Å². The van der Waals surface area contributed by atoms with E-state index in [1.165, 1.54) is 15.9 Å². The van der Waals surface area contributed by atoms with Crippen molar-refractivity contribution < 1.29 is 93.2 Å². The van der Waals surface area contributed by atoms with Crippen molar-refractivity contribution in [3.8, 4) is 0 Å². The minimum atomic E-state index is -5.42. The Labute approximate surface area is 268 Å². The average molecular weight is 788 g/mol. The molecule has 3 N–H and O–H groups in total. The molecule has 18 heteroatoms. The van der Waals surface area contributed by atoms with E-state index in [2.05, 4.69) is 91.0 Å². The van der Waals surface area contributed by atoms with Gasteiger partial charge >= 0.3 is 24.7 Å². The maximum absolute atomic E-state index is 11.4. The van der Waals surface area contributed by atoms with E-state index in [4.69, 9.17) is 15.3 Å². The molecule has 3 aromatic rings. The summed E-state index contributed by atoms with van der Waals surface area (Å²) < 4.78 is 137. The molecule has 0 heterocycles. The van der Waals surface area contributed by atoms with Crippen LogP contribution >= 0.6 is 7.92 Å². The van der Waals surface area contributed by atoms with Crippen LogP contribution in [0.15, 0.2) is 115 Å². The molecule has 0 radical (unpaired) electrons. The van der Waals surface area contributed by atoms with E-state index in [-0.39, 0.29) is 20.4 Å². The van der Waals surface area contributed by atoms with E-state index in [0.717, 1.165) is 0 Å². The van der Waals surface area contributed by atoms with Gasteiger partial charge in [-0.1, -0.05) is 54.6 Å². The van der Waals surface area contributed by atoms with Crippen LogP contribution in [0.5, 0.6) is 0 Å². The van der Waals surface area contributed by atoms with Crippen LogP contribution in [0.3, 0.4) is 0 Å². The second-order valence-electron chi connectivity index (χ2n) is 8.40. The number of benzene rings is 3. The molecule has 0 aromatic heterocycles. The fourth-order valence-electron chi connectivity index (χ4n) is 2.94. The van der Waals surface area contributed by atoms with Gasteiger partial charge in [-0.2, -0.15) is 52.7 Å². The maximum Gasteiger partial charge on any atom is 0.454 e. The normalized spacial score (nSPS) is 13.3. The second-order valence-corrected chi connectivity index (χ2v) is 10.9. The predicted molar refractivity (Wildman–Crippen MR) is 143 cm³/mol. The van der Waals surface area contributed by atoms with Gasteiger partial charge in [0.2, 0.25) is 5.76 Å². The smallest absolute Gasteiger partial charge is 0.454 e. The first-order valence-corrected chi connectivity index (χ1v) is 13.4. The summed E-state index contributed by atoms with van der Waals surface area (Å²) in [6.45, 7) is 0. The number of carbonyl (C=O) groups excluding carboxylic acids is 1. The Morgan fingerprint density at radius 1 is 0.565 bits per heavy atom. The predicted octanol–water partition coefficient (Wildman–Crippen LogP) is 7.21. The molecule has 0 aliphatic carbocycles. The molecule has 1 unspecified atom stereocenters. The van der Waals surface area contributed by atoms with Crippen LogP contribution < -0.4 is 15.9 Å². The second kappa shape index (κ2) is 18.1. The SMILES string of the molecule is O=C(C=C(O)C(F)(F)F)C(F)(F)F.OC(=CC(O)C(F)(F)F)C(F)(F)F.[Pd].c1ccc([PH+](c2ccccc2)c2ccccc2)cc1. The van der Waals surface area contributed by atoms with Crippen LogP contribution in [-0.2, 0) is 25.2 Å². The monoisotopic (exact) mass is 787 g/mol. The minimum absolute atomic E-state index is 0. The molecule has 46 heavy (non-hydrogen) atoms. The number of alkyl halides is 12. The van der Waals surface area contributed by atoms with Gasteiger partial charge in [-0.3, -0.25) is 4.79 Å². The van der Waals surface area contributed by atoms with Crippen LogP contribution in [0.4, 0.5) is 52.7 Å². The van der Waals surface area contributed by atoms with E-state index in [9.17, 15) is 57.5 Å². The van der Waals surface area contributed by atoms with Crippen LogP contribution in [0.2, 0.25) is 0 Å². The summed E-state index contributed by atoms with van der Waals surface area (Å²) in [5.74, 6) is -7.81. The van der Waals surface area contributed by atoms with Crippen LogP contribution in [0.1, 0.15) is 0 Å². The van der Waals surface area contributed by atoms with E-state index >= 15 is 0 Å². The number of rotatable bonds is 5. The zero-order valence-electron chi connectivity index (χ0n) is 22.5. The summed E-state index contributed by atoms with van der Waals surface area (Å²) in [4.78, 5) is 9.86. The van der Waals surface area contributed by atoms with Gasteiger partial charge in [0.1, 0.15) is 15.9 Å². The number of hydrogen-bond donors (Lipinski definition) is 3. The molecular formula is C28H22F12O4PPd+. The third-order valence-corrected chi connectivity index (χ3v) is 7.70. The molecule has 256 valence electrons. The van der Waals surface area contributed by atoms with Gasteiger partial charge in [0, 0.05) is 32.6 Å². The molecule has 0 fully saturated rings. The first-order chi connectivity index (χ1) is 20.5. The van der Waals surface area contributed by atoms with Crippen molar-refractivity contribution in [1.29, 1.82) is 0 Å². The number of hydrogen-bond acceptors (Lipinski definition) is 4. The molecule has 3 aromatic carbocycles. The molecular weight excluding hydrogens is 766 g/mol. The van der Waals surface area contributed by atoms with Crippen LogP contribution in [0, 0.1) is 0 Å². The van der Waals surface area contributed by atoms with Crippen molar-refractivity contribution in [2.45, 2.75) is 30.8 Å². The van der Waals surface area contributed by atoms with Crippen molar-refractivity contribution in [1.82, 2.24) is 0 Å². The molecule has 0 aliphatic heterocycles. The Bertz CT molecular complexity index is 1290. The topological polar surface area (TPSA) is 77.8 Å². The average Bonchev–Trinajstić information content (AvgIpc) is 2.93. The first-order valence-electron chi connectivity index (χ1n) is 11.9. The van der Waals surface area contributed by atoms with E-state index in [0.29, 0.717) is 0 Å². The number of ketones is 1. The van der Waals surface area contributed by atoms with Crippen molar-refractivity contribution in [3.05, 3.63) is 115 Å². The van der Waals surface area contributed by atoms with Gasteiger partial charge < -0.3 is 15.3 Å². The van der Waals surface area contributed by atoms with Gasteiger partial charge in [-0.25, -0.2) is 0 Å². The number of aliphatic hydroxyl groups excluding tert-OH is 3. The summed E-state index contributed by atoms with van der Waals surface area (Å²) in [5.41, 5.74) is 0. The first kappa shape index (κ1) is 42.6. The van der Waals surface area contributed by atoms with Gasteiger partial charge in [0.15, 0.2) is 11.9 Å². The van der Waals surface area contributed by atoms with Gasteiger partial charge in [0.05, 0.1) is 7.92 Å². The number of halogens is 12. The third-order valence-electron chi connectivity index (χ3n) is 4.97. The third kappa shape index (κ3) is 15.3. The molecule has 1 atom stereocenters. The summed E-state index contributed by atoms with van der Waals surface area (Å²) in [5, 5.41) is 28.3. The number of carbonyl (C=O) groups is 1. The summed E-state index contributed by atoms with van der Waals surface area (Å²) >= 11 is 0. The van der Waals surface area contributed by atoms with E-state index in [1.54, 1.807) is 0 Å².